The van der Waals surface area contributed by atoms with Crippen molar-refractivity contribution in [2.75, 3.05) is 6.26 Å². The van der Waals surface area contributed by atoms with Crippen molar-refractivity contribution in [3.63, 3.8) is 0 Å². The van der Waals surface area contributed by atoms with Gasteiger partial charge in [0, 0.05) is 11.6 Å². The van der Waals surface area contributed by atoms with Gasteiger partial charge in [0.2, 0.25) is 0 Å². The molecule has 1 aromatic heterocycles. The summed E-state index contributed by atoms with van der Waals surface area (Å²) in [7, 11) is -3.33. The zero-order valence-corrected chi connectivity index (χ0v) is 9.30. The fourth-order valence-corrected chi connectivity index (χ4v) is 2.54. The van der Waals surface area contributed by atoms with Gasteiger partial charge in [0.1, 0.15) is 12.5 Å². The molecule has 0 N–H and O–H groups in total. The van der Waals surface area contributed by atoms with E-state index in [1.54, 1.807) is 0 Å². The molecule has 0 aliphatic rings. The standard InChI is InChI=1S/C9H6ClN2O2S/c1-15(13,14)9-2-6-4-11-5-12-8(6)3-7(9)10/h2-3,5H,1H3. The number of hydrogen-bond donors (Lipinski definition) is 0. The number of halogens is 1. The first-order chi connectivity index (χ1) is 6.98. The van der Waals surface area contributed by atoms with Crippen LogP contribution in [0.25, 0.3) is 10.9 Å². The largest absolute Gasteiger partial charge is 0.236 e. The summed E-state index contributed by atoms with van der Waals surface area (Å²) in [5.74, 6) is 0. The highest BCUT2D eigenvalue weighted by Gasteiger charge is 2.13. The van der Waals surface area contributed by atoms with E-state index in [0.29, 0.717) is 10.9 Å². The second kappa shape index (κ2) is 3.43. The lowest BCUT2D eigenvalue weighted by atomic mass is 10.2. The molecule has 0 atom stereocenters. The molecule has 0 unspecified atom stereocenters. The van der Waals surface area contributed by atoms with Gasteiger partial charge in [-0.25, -0.2) is 18.4 Å². The van der Waals surface area contributed by atoms with E-state index in [0.717, 1.165) is 6.26 Å². The minimum atomic E-state index is -3.33. The van der Waals surface area contributed by atoms with Gasteiger partial charge in [0.05, 0.1) is 15.4 Å². The fraction of sp³-hybridized carbons (Fsp3) is 0.111. The highest BCUT2D eigenvalue weighted by molar-refractivity contribution is 7.90. The molecule has 1 aromatic carbocycles. The van der Waals surface area contributed by atoms with Crippen molar-refractivity contribution in [1.29, 1.82) is 0 Å². The van der Waals surface area contributed by atoms with E-state index in [4.69, 9.17) is 11.6 Å². The highest BCUT2D eigenvalue weighted by atomic mass is 35.5. The topological polar surface area (TPSA) is 59.9 Å². The molecule has 1 radical (unpaired) electrons. The van der Waals surface area contributed by atoms with Gasteiger partial charge in [0.25, 0.3) is 0 Å². The Morgan fingerprint density at radius 2 is 2.13 bits per heavy atom. The Balaban J connectivity index is 2.84. The van der Waals surface area contributed by atoms with Gasteiger partial charge >= 0.3 is 0 Å². The van der Waals surface area contributed by atoms with E-state index >= 15 is 0 Å². The molecular formula is C9H6ClN2O2S. The van der Waals surface area contributed by atoms with Crippen LogP contribution in [0.1, 0.15) is 0 Å². The summed E-state index contributed by atoms with van der Waals surface area (Å²) >= 11 is 5.83. The lowest BCUT2D eigenvalue weighted by molar-refractivity contribution is 0.602. The maximum atomic E-state index is 11.4. The Morgan fingerprint density at radius 3 is 2.80 bits per heavy atom. The minimum absolute atomic E-state index is 0.0720. The van der Waals surface area contributed by atoms with E-state index in [1.165, 1.54) is 18.5 Å². The van der Waals surface area contributed by atoms with Gasteiger partial charge in [-0.3, -0.25) is 0 Å². The molecule has 0 saturated carbocycles. The summed E-state index contributed by atoms with van der Waals surface area (Å²) < 4.78 is 22.7. The molecule has 0 aliphatic heterocycles. The molecule has 0 aliphatic carbocycles. The predicted molar refractivity (Wildman–Crippen MR) is 56.5 cm³/mol. The molecule has 0 bridgehead atoms. The van der Waals surface area contributed by atoms with Crippen LogP contribution >= 0.6 is 11.6 Å². The van der Waals surface area contributed by atoms with Crippen molar-refractivity contribution < 1.29 is 8.42 Å². The number of benzene rings is 1. The smallest absolute Gasteiger partial charge is 0.177 e. The van der Waals surface area contributed by atoms with Gasteiger partial charge in [-0.1, -0.05) is 11.6 Å². The summed E-state index contributed by atoms with van der Waals surface area (Å²) in [6.07, 6.45) is 5.09. The average Bonchev–Trinajstić information content (AvgIpc) is 2.15. The van der Waals surface area contributed by atoms with Crippen LogP contribution in [-0.4, -0.2) is 24.6 Å². The van der Waals surface area contributed by atoms with Crippen LogP contribution in [-0.2, 0) is 9.84 Å². The first-order valence-corrected chi connectivity index (χ1v) is 6.27. The summed E-state index contributed by atoms with van der Waals surface area (Å²) in [4.78, 5) is 7.71. The normalized spacial score (nSPS) is 11.9. The maximum Gasteiger partial charge on any atom is 0.177 e. The van der Waals surface area contributed by atoms with Crippen LogP contribution in [0.5, 0.6) is 0 Å². The van der Waals surface area contributed by atoms with E-state index in [-0.39, 0.29) is 9.92 Å². The third-order valence-electron chi connectivity index (χ3n) is 1.89. The number of aromatic nitrogens is 2. The van der Waals surface area contributed by atoms with Gasteiger partial charge < -0.3 is 0 Å². The van der Waals surface area contributed by atoms with Crippen LogP contribution < -0.4 is 0 Å². The summed E-state index contributed by atoms with van der Waals surface area (Å²) in [5.41, 5.74) is 0.572. The molecule has 4 nitrogen and oxygen atoms in total. The van der Waals surface area contributed by atoms with Gasteiger partial charge in [-0.2, -0.15) is 0 Å². The van der Waals surface area contributed by atoms with Gasteiger partial charge in [0.15, 0.2) is 9.84 Å². The maximum absolute atomic E-state index is 11.4. The quantitative estimate of drug-likeness (QED) is 0.759. The number of sulfone groups is 1. The van der Waals surface area contributed by atoms with E-state index < -0.39 is 9.84 Å². The lowest BCUT2D eigenvalue weighted by Crippen LogP contribution is -1.98. The highest BCUT2D eigenvalue weighted by Crippen LogP contribution is 2.25. The van der Waals surface area contributed by atoms with Crippen molar-refractivity contribution in [3.05, 3.63) is 29.7 Å². The number of hydrogen-bond acceptors (Lipinski definition) is 4. The van der Waals surface area contributed by atoms with Crippen LogP contribution in [0.15, 0.2) is 23.4 Å². The second-order valence-electron chi connectivity index (χ2n) is 3.06. The number of nitrogens with zero attached hydrogens (tertiary/aromatic N) is 2. The van der Waals surface area contributed by atoms with Crippen molar-refractivity contribution >= 4 is 32.3 Å². The van der Waals surface area contributed by atoms with Gasteiger partial charge in [-0.15, -0.1) is 0 Å². The number of fused-ring (bicyclic) bond motifs is 1. The molecular weight excluding hydrogens is 236 g/mol. The van der Waals surface area contributed by atoms with Crippen molar-refractivity contribution in [2.45, 2.75) is 4.90 Å². The Morgan fingerprint density at radius 1 is 1.40 bits per heavy atom. The molecule has 0 saturated heterocycles. The monoisotopic (exact) mass is 241 g/mol. The molecule has 0 fully saturated rings. The predicted octanol–water partition coefficient (Wildman–Crippen LogP) is 1.49. The third-order valence-corrected chi connectivity index (χ3v) is 3.45. The van der Waals surface area contributed by atoms with Crippen molar-refractivity contribution in [1.82, 2.24) is 9.97 Å². The van der Waals surface area contributed by atoms with Crippen LogP contribution in [0, 0.1) is 6.20 Å². The van der Waals surface area contributed by atoms with E-state index in [1.807, 2.05) is 0 Å². The third kappa shape index (κ3) is 1.93. The summed E-state index contributed by atoms with van der Waals surface area (Å²) in [6.45, 7) is 0. The molecule has 2 aromatic rings. The van der Waals surface area contributed by atoms with Crippen molar-refractivity contribution in [2.24, 2.45) is 0 Å². The lowest BCUT2D eigenvalue weighted by Gasteiger charge is -2.03. The summed E-state index contributed by atoms with van der Waals surface area (Å²) in [6, 6.07) is 2.92. The SMILES string of the molecule is CS(=O)(=O)c1cc2[c]ncnc2cc1Cl. The Bertz CT molecular complexity index is 625. The molecule has 2 rings (SSSR count). The second-order valence-corrected chi connectivity index (χ2v) is 5.45. The first kappa shape index (κ1) is 10.3. The molecule has 0 spiro atoms. The first-order valence-electron chi connectivity index (χ1n) is 4.00. The zero-order chi connectivity index (χ0) is 11.1. The zero-order valence-electron chi connectivity index (χ0n) is 7.73. The minimum Gasteiger partial charge on any atom is -0.236 e. The number of rotatable bonds is 1. The molecule has 77 valence electrons. The summed E-state index contributed by atoms with van der Waals surface area (Å²) in [5, 5.41) is 0.694. The Labute approximate surface area is 91.8 Å². The van der Waals surface area contributed by atoms with E-state index in [2.05, 4.69) is 16.2 Å². The van der Waals surface area contributed by atoms with Gasteiger partial charge in [-0.05, 0) is 12.1 Å². The molecule has 6 heteroatoms. The van der Waals surface area contributed by atoms with E-state index in [9.17, 15) is 8.42 Å². The Kier molecular flexibility index (Phi) is 2.36. The molecule has 0 amide bonds. The van der Waals surface area contributed by atoms with Crippen LogP contribution in [0.3, 0.4) is 0 Å². The Hall–Kier alpha value is -1.20. The fourth-order valence-electron chi connectivity index (χ4n) is 1.21. The van der Waals surface area contributed by atoms with Crippen LogP contribution in [0.4, 0.5) is 0 Å². The molecule has 1 heterocycles. The van der Waals surface area contributed by atoms with Crippen LogP contribution in [0.2, 0.25) is 5.02 Å². The average molecular weight is 242 g/mol. The van der Waals surface area contributed by atoms with Crippen molar-refractivity contribution in [3.8, 4) is 0 Å². The molecule has 15 heavy (non-hydrogen) atoms.